The number of benzene rings is 1. The SMILES string of the molecule is Cl.N=C(N)c1ccc(OCCBr)cc1. The summed E-state index contributed by atoms with van der Waals surface area (Å²) in [5.41, 5.74) is 6.01. The molecule has 0 fully saturated rings. The molecule has 0 aromatic heterocycles. The fourth-order valence-corrected chi connectivity index (χ4v) is 1.05. The zero-order valence-electron chi connectivity index (χ0n) is 7.50. The van der Waals surface area contributed by atoms with E-state index in [0.717, 1.165) is 11.1 Å². The molecule has 1 aromatic rings. The molecule has 0 aliphatic carbocycles. The third-order valence-corrected chi connectivity index (χ3v) is 1.83. The molecule has 0 saturated carbocycles. The predicted molar refractivity (Wildman–Crippen MR) is 64.0 cm³/mol. The number of rotatable bonds is 4. The molecule has 1 rings (SSSR count). The van der Waals surface area contributed by atoms with Gasteiger partial charge in [-0.3, -0.25) is 5.41 Å². The lowest BCUT2D eigenvalue weighted by Gasteiger charge is -2.04. The molecule has 0 bridgehead atoms. The van der Waals surface area contributed by atoms with Crippen LogP contribution in [0.5, 0.6) is 5.75 Å². The first kappa shape index (κ1) is 13.3. The number of amidine groups is 1. The molecular weight excluding hydrogens is 267 g/mol. The second-order valence-corrected chi connectivity index (χ2v) is 3.27. The van der Waals surface area contributed by atoms with Gasteiger partial charge in [-0.15, -0.1) is 12.4 Å². The summed E-state index contributed by atoms with van der Waals surface area (Å²) in [6.45, 7) is 0.638. The van der Waals surface area contributed by atoms with Crippen LogP contribution in [0.3, 0.4) is 0 Å². The number of nitrogen functional groups attached to an aromatic ring is 1. The zero-order chi connectivity index (χ0) is 9.68. The van der Waals surface area contributed by atoms with Crippen molar-refractivity contribution >= 4 is 34.2 Å². The second-order valence-electron chi connectivity index (χ2n) is 2.48. The topological polar surface area (TPSA) is 59.1 Å². The summed E-state index contributed by atoms with van der Waals surface area (Å²) in [6.07, 6.45) is 0. The van der Waals surface area contributed by atoms with Crippen LogP contribution in [-0.2, 0) is 0 Å². The Morgan fingerprint density at radius 1 is 1.36 bits per heavy atom. The monoisotopic (exact) mass is 278 g/mol. The molecule has 5 heteroatoms. The lowest BCUT2D eigenvalue weighted by molar-refractivity contribution is 0.345. The van der Waals surface area contributed by atoms with Crippen LogP contribution in [0.25, 0.3) is 0 Å². The van der Waals surface area contributed by atoms with Crippen molar-refractivity contribution in [2.45, 2.75) is 0 Å². The van der Waals surface area contributed by atoms with Gasteiger partial charge in [-0.1, -0.05) is 15.9 Å². The third-order valence-electron chi connectivity index (χ3n) is 1.51. The highest BCUT2D eigenvalue weighted by Gasteiger charge is 1.96. The van der Waals surface area contributed by atoms with E-state index in [0.29, 0.717) is 12.2 Å². The molecule has 0 atom stereocenters. The Hall–Kier alpha value is -0.740. The predicted octanol–water partition coefficient (Wildman–Crippen LogP) is 2.17. The molecule has 0 amide bonds. The van der Waals surface area contributed by atoms with E-state index in [2.05, 4.69) is 15.9 Å². The average molecular weight is 280 g/mol. The Kier molecular flexibility index (Phi) is 6.32. The van der Waals surface area contributed by atoms with E-state index >= 15 is 0 Å². The minimum atomic E-state index is 0. The van der Waals surface area contributed by atoms with E-state index in [1.54, 1.807) is 24.3 Å². The zero-order valence-corrected chi connectivity index (χ0v) is 9.90. The van der Waals surface area contributed by atoms with Gasteiger partial charge in [-0.25, -0.2) is 0 Å². The van der Waals surface area contributed by atoms with Gasteiger partial charge >= 0.3 is 0 Å². The van der Waals surface area contributed by atoms with E-state index < -0.39 is 0 Å². The van der Waals surface area contributed by atoms with E-state index in [1.807, 2.05) is 0 Å². The van der Waals surface area contributed by atoms with Gasteiger partial charge in [0.15, 0.2) is 0 Å². The van der Waals surface area contributed by atoms with Crippen LogP contribution in [-0.4, -0.2) is 17.8 Å². The quantitative estimate of drug-likeness (QED) is 0.504. The van der Waals surface area contributed by atoms with Crippen molar-refractivity contribution in [3.63, 3.8) is 0 Å². The lowest BCUT2D eigenvalue weighted by Crippen LogP contribution is -2.10. The first-order valence-electron chi connectivity index (χ1n) is 3.87. The van der Waals surface area contributed by atoms with E-state index in [-0.39, 0.29) is 18.2 Å². The largest absolute Gasteiger partial charge is 0.493 e. The van der Waals surface area contributed by atoms with Crippen molar-refractivity contribution in [2.75, 3.05) is 11.9 Å². The van der Waals surface area contributed by atoms with Crippen molar-refractivity contribution in [2.24, 2.45) is 5.73 Å². The molecule has 0 aliphatic heterocycles. The maximum atomic E-state index is 7.17. The Morgan fingerprint density at radius 2 is 1.93 bits per heavy atom. The number of hydrogen-bond acceptors (Lipinski definition) is 2. The summed E-state index contributed by atoms with van der Waals surface area (Å²) in [5, 5.41) is 7.98. The van der Waals surface area contributed by atoms with Crippen LogP contribution in [0.1, 0.15) is 5.56 Å². The summed E-state index contributed by atoms with van der Waals surface area (Å²) < 4.78 is 5.33. The van der Waals surface area contributed by atoms with Crippen LogP contribution in [0, 0.1) is 5.41 Å². The van der Waals surface area contributed by atoms with Crippen molar-refractivity contribution < 1.29 is 4.74 Å². The Morgan fingerprint density at radius 3 is 2.36 bits per heavy atom. The molecule has 1 aromatic carbocycles. The summed E-state index contributed by atoms with van der Waals surface area (Å²) in [7, 11) is 0. The van der Waals surface area contributed by atoms with Crippen LogP contribution in [0.4, 0.5) is 0 Å². The van der Waals surface area contributed by atoms with Gasteiger partial charge in [0.1, 0.15) is 11.6 Å². The Bertz CT molecular complexity index is 289. The molecule has 0 aliphatic rings. The van der Waals surface area contributed by atoms with Crippen LogP contribution in [0.2, 0.25) is 0 Å². The minimum absolute atomic E-state index is 0. The van der Waals surface area contributed by atoms with Gasteiger partial charge < -0.3 is 10.5 Å². The van der Waals surface area contributed by atoms with Crippen LogP contribution >= 0.6 is 28.3 Å². The molecule has 0 radical (unpaired) electrons. The van der Waals surface area contributed by atoms with E-state index in [1.165, 1.54) is 0 Å². The Balaban J connectivity index is 0.00000169. The first-order chi connectivity index (χ1) is 6.24. The highest BCUT2D eigenvalue weighted by atomic mass is 79.9. The summed E-state index contributed by atoms with van der Waals surface area (Å²) in [6, 6.07) is 7.15. The maximum Gasteiger partial charge on any atom is 0.122 e. The molecule has 78 valence electrons. The fourth-order valence-electron chi connectivity index (χ4n) is 0.887. The number of ether oxygens (including phenoxy) is 1. The average Bonchev–Trinajstić information content (AvgIpc) is 2.15. The van der Waals surface area contributed by atoms with Crippen molar-refractivity contribution in [1.82, 2.24) is 0 Å². The summed E-state index contributed by atoms with van der Waals surface area (Å²) >= 11 is 3.27. The molecule has 0 heterocycles. The van der Waals surface area contributed by atoms with Gasteiger partial charge in [0.2, 0.25) is 0 Å². The van der Waals surface area contributed by atoms with Crippen LogP contribution < -0.4 is 10.5 Å². The van der Waals surface area contributed by atoms with Gasteiger partial charge in [0.25, 0.3) is 0 Å². The number of alkyl halides is 1. The smallest absolute Gasteiger partial charge is 0.122 e. The summed E-state index contributed by atoms with van der Waals surface area (Å²) in [5.74, 6) is 0.872. The van der Waals surface area contributed by atoms with Crippen LogP contribution in [0.15, 0.2) is 24.3 Å². The summed E-state index contributed by atoms with van der Waals surface area (Å²) in [4.78, 5) is 0. The highest BCUT2D eigenvalue weighted by Crippen LogP contribution is 2.11. The molecule has 14 heavy (non-hydrogen) atoms. The van der Waals surface area contributed by atoms with Gasteiger partial charge in [-0.05, 0) is 24.3 Å². The normalized spacial score (nSPS) is 8.93. The van der Waals surface area contributed by atoms with Crippen molar-refractivity contribution in [3.05, 3.63) is 29.8 Å². The van der Waals surface area contributed by atoms with Gasteiger partial charge in [-0.2, -0.15) is 0 Å². The number of nitrogens with two attached hydrogens (primary N) is 1. The van der Waals surface area contributed by atoms with Gasteiger partial charge in [0, 0.05) is 10.9 Å². The molecule has 0 spiro atoms. The number of nitrogens with one attached hydrogen (secondary N) is 1. The van der Waals surface area contributed by atoms with Crippen molar-refractivity contribution in [3.8, 4) is 5.75 Å². The standard InChI is InChI=1S/C9H11BrN2O.ClH/c10-5-6-13-8-3-1-7(2-4-8)9(11)12;/h1-4H,5-6H2,(H3,11,12);1H. The fraction of sp³-hybridized carbons (Fsp3) is 0.222. The highest BCUT2D eigenvalue weighted by molar-refractivity contribution is 9.09. The van der Waals surface area contributed by atoms with E-state index in [4.69, 9.17) is 15.9 Å². The molecular formula is C9H12BrClN2O. The Labute approximate surface area is 97.7 Å². The van der Waals surface area contributed by atoms with E-state index in [9.17, 15) is 0 Å². The molecule has 3 N–H and O–H groups in total. The third kappa shape index (κ3) is 3.98. The second kappa shape index (κ2) is 6.68. The molecule has 3 nitrogen and oxygen atoms in total. The minimum Gasteiger partial charge on any atom is -0.493 e. The number of hydrogen-bond donors (Lipinski definition) is 2. The van der Waals surface area contributed by atoms with Crippen molar-refractivity contribution in [1.29, 1.82) is 5.41 Å². The lowest BCUT2D eigenvalue weighted by atomic mass is 10.2. The number of halogens is 2. The molecule has 0 unspecified atom stereocenters. The maximum absolute atomic E-state index is 7.17. The first-order valence-corrected chi connectivity index (χ1v) is 4.99. The van der Waals surface area contributed by atoms with Gasteiger partial charge in [0.05, 0.1) is 6.61 Å². The molecule has 0 saturated heterocycles.